The first-order valence-corrected chi connectivity index (χ1v) is 7.77. The molecule has 0 spiro atoms. The maximum Gasteiger partial charge on any atom is 0.278 e. The van der Waals surface area contributed by atoms with E-state index in [0.717, 1.165) is 10.6 Å². The number of anilines is 1. The smallest absolute Gasteiger partial charge is 0.278 e. The Morgan fingerprint density at radius 3 is 2.48 bits per heavy atom. The molecule has 4 rings (SSSR count). The molecule has 2 aromatic rings. The van der Waals surface area contributed by atoms with Gasteiger partial charge in [-0.2, -0.15) is 5.10 Å². The van der Waals surface area contributed by atoms with E-state index >= 15 is 0 Å². The average molecular weight is 340 g/mol. The maximum atomic E-state index is 12.9. The first-order chi connectivity index (χ1) is 12.0. The van der Waals surface area contributed by atoms with Crippen LogP contribution in [0.3, 0.4) is 0 Å². The lowest BCUT2D eigenvalue weighted by atomic mass is 9.94. The summed E-state index contributed by atoms with van der Waals surface area (Å²) in [7, 11) is 3.34. The molecule has 128 valence electrons. The molecule has 0 bridgehead atoms. The number of amides is 2. The van der Waals surface area contributed by atoms with E-state index in [1.54, 1.807) is 49.3 Å². The van der Waals surface area contributed by atoms with Crippen LogP contribution in [-0.4, -0.2) is 40.5 Å². The van der Waals surface area contributed by atoms with E-state index in [-0.39, 0.29) is 5.91 Å². The number of fused-ring (bicyclic) bond motifs is 1. The first-order valence-electron chi connectivity index (χ1n) is 7.77. The third-order valence-electron chi connectivity index (χ3n) is 4.43. The molecular weight excluding hydrogens is 324 g/mol. The fraction of sp³-hybridized carbons (Fsp3) is 0.294. The Morgan fingerprint density at radius 1 is 1.16 bits per heavy atom. The molecule has 0 unspecified atom stereocenters. The molecule has 25 heavy (non-hydrogen) atoms. The van der Waals surface area contributed by atoms with Gasteiger partial charge in [-0.1, -0.05) is 5.16 Å². The van der Waals surface area contributed by atoms with Gasteiger partial charge in [0.05, 0.1) is 18.5 Å². The lowest BCUT2D eigenvalue weighted by Crippen LogP contribution is -2.33. The summed E-state index contributed by atoms with van der Waals surface area (Å²) in [6.45, 7) is 1.83. The van der Waals surface area contributed by atoms with Crippen LogP contribution in [0.1, 0.15) is 11.3 Å². The lowest BCUT2D eigenvalue weighted by molar-refractivity contribution is -0.126. The predicted molar refractivity (Wildman–Crippen MR) is 88.3 cm³/mol. The Labute approximate surface area is 143 Å². The van der Waals surface area contributed by atoms with Gasteiger partial charge in [-0.05, 0) is 31.2 Å². The van der Waals surface area contributed by atoms with Crippen molar-refractivity contribution >= 4 is 23.2 Å². The molecular formula is C17H16N4O4. The third-order valence-corrected chi connectivity index (χ3v) is 4.43. The number of carbonyl (C=O) groups is 2. The number of rotatable bonds is 3. The number of carbonyl (C=O) groups excluding carboxylic acids is 2. The van der Waals surface area contributed by atoms with Gasteiger partial charge < -0.3 is 9.57 Å². The fourth-order valence-electron chi connectivity index (χ4n) is 3.24. The number of aromatic nitrogens is 2. The third kappa shape index (κ3) is 2.21. The number of ether oxygens (including phenoxy) is 1. The zero-order chi connectivity index (χ0) is 17.7. The van der Waals surface area contributed by atoms with Crippen molar-refractivity contribution in [3.05, 3.63) is 41.7 Å². The van der Waals surface area contributed by atoms with Gasteiger partial charge in [0.25, 0.3) is 5.91 Å². The zero-order valence-corrected chi connectivity index (χ0v) is 14.0. The van der Waals surface area contributed by atoms with Crippen LogP contribution in [0.2, 0.25) is 0 Å². The van der Waals surface area contributed by atoms with E-state index in [9.17, 15) is 9.59 Å². The molecule has 2 aliphatic heterocycles. The van der Waals surface area contributed by atoms with E-state index in [4.69, 9.17) is 9.57 Å². The Balaban J connectivity index is 1.69. The summed E-state index contributed by atoms with van der Waals surface area (Å²) in [5, 5.41) is 8.26. The highest BCUT2D eigenvalue weighted by atomic mass is 16.6. The lowest BCUT2D eigenvalue weighted by Gasteiger charge is -2.15. The van der Waals surface area contributed by atoms with Gasteiger partial charge in [-0.15, -0.1) is 0 Å². The topological polar surface area (TPSA) is 86.0 Å². The van der Waals surface area contributed by atoms with Gasteiger partial charge in [0, 0.05) is 18.8 Å². The summed E-state index contributed by atoms with van der Waals surface area (Å²) >= 11 is 0. The standard InChI is InChI=1S/C17H16N4O4/c1-9-12(8-20(2)18-9)14-13-15(25-19-14)17(23)21(16(13)22)10-4-6-11(24-3)7-5-10/h4-8,13,15H,1-3H3/t13-,15-/m0/s1. The van der Waals surface area contributed by atoms with Crippen LogP contribution in [0.4, 0.5) is 5.69 Å². The molecule has 3 heterocycles. The van der Waals surface area contributed by atoms with Crippen LogP contribution < -0.4 is 9.64 Å². The van der Waals surface area contributed by atoms with Crippen molar-refractivity contribution in [3.63, 3.8) is 0 Å². The Hall–Kier alpha value is -3.16. The van der Waals surface area contributed by atoms with Crippen LogP contribution in [0.15, 0.2) is 35.6 Å². The summed E-state index contributed by atoms with van der Waals surface area (Å²) in [5.41, 5.74) is 2.38. The molecule has 2 amide bonds. The highest BCUT2D eigenvalue weighted by Gasteiger charge is 2.56. The highest BCUT2D eigenvalue weighted by molar-refractivity contribution is 6.32. The van der Waals surface area contributed by atoms with Crippen LogP contribution in [0, 0.1) is 12.8 Å². The van der Waals surface area contributed by atoms with Crippen LogP contribution in [-0.2, 0) is 21.5 Å². The Morgan fingerprint density at radius 2 is 1.88 bits per heavy atom. The number of aryl methyl sites for hydroxylation is 2. The van der Waals surface area contributed by atoms with E-state index in [1.165, 1.54) is 0 Å². The quantitative estimate of drug-likeness (QED) is 0.779. The molecule has 1 fully saturated rings. The van der Waals surface area contributed by atoms with Crippen molar-refractivity contribution in [1.29, 1.82) is 0 Å². The minimum atomic E-state index is -0.927. The summed E-state index contributed by atoms with van der Waals surface area (Å²) in [6.07, 6.45) is 0.845. The number of methoxy groups -OCH3 is 1. The SMILES string of the molecule is COc1ccc(N2C(=O)[C@H]3C(c4cn(C)nc4C)=NO[C@@H]3C2=O)cc1. The van der Waals surface area contributed by atoms with E-state index in [2.05, 4.69) is 10.3 Å². The molecule has 0 saturated carbocycles. The first kappa shape index (κ1) is 15.4. The summed E-state index contributed by atoms with van der Waals surface area (Å²) in [6, 6.07) is 6.74. The van der Waals surface area contributed by atoms with Gasteiger partial charge in [-0.25, -0.2) is 4.90 Å². The van der Waals surface area contributed by atoms with E-state index in [0.29, 0.717) is 22.7 Å². The van der Waals surface area contributed by atoms with Crippen molar-refractivity contribution in [2.45, 2.75) is 13.0 Å². The van der Waals surface area contributed by atoms with Crippen molar-refractivity contribution < 1.29 is 19.2 Å². The molecule has 1 aromatic carbocycles. The van der Waals surface area contributed by atoms with Gasteiger partial charge in [0.1, 0.15) is 17.4 Å². The number of oxime groups is 1. The summed E-state index contributed by atoms with van der Waals surface area (Å²) in [4.78, 5) is 32.1. The number of benzene rings is 1. The second-order valence-corrected chi connectivity index (χ2v) is 5.99. The maximum absolute atomic E-state index is 12.9. The number of nitrogens with zero attached hydrogens (tertiary/aromatic N) is 4. The summed E-state index contributed by atoms with van der Waals surface area (Å²) < 4.78 is 6.75. The minimum absolute atomic E-state index is 0.348. The van der Waals surface area contributed by atoms with Crippen LogP contribution >= 0.6 is 0 Å². The van der Waals surface area contributed by atoms with Gasteiger partial charge >= 0.3 is 0 Å². The molecule has 0 aliphatic carbocycles. The molecule has 8 heteroatoms. The van der Waals surface area contributed by atoms with Crippen molar-refractivity contribution in [3.8, 4) is 5.75 Å². The van der Waals surface area contributed by atoms with Gasteiger partial charge in [0.2, 0.25) is 12.0 Å². The average Bonchev–Trinajstić information content (AvgIpc) is 3.24. The van der Waals surface area contributed by atoms with Crippen LogP contribution in [0.25, 0.3) is 0 Å². The molecule has 1 aromatic heterocycles. The monoisotopic (exact) mass is 340 g/mol. The number of hydrogen-bond acceptors (Lipinski definition) is 6. The zero-order valence-electron chi connectivity index (χ0n) is 14.0. The Kier molecular flexibility index (Phi) is 3.34. The van der Waals surface area contributed by atoms with Crippen molar-refractivity contribution in [2.24, 2.45) is 18.1 Å². The molecule has 0 N–H and O–H groups in total. The van der Waals surface area contributed by atoms with Gasteiger partial charge in [-0.3, -0.25) is 14.3 Å². The van der Waals surface area contributed by atoms with E-state index < -0.39 is 17.9 Å². The molecule has 1 saturated heterocycles. The Bertz CT molecular complexity index is 900. The predicted octanol–water partition coefficient (Wildman–Crippen LogP) is 1.03. The number of imide groups is 1. The highest BCUT2D eigenvalue weighted by Crippen LogP contribution is 2.36. The van der Waals surface area contributed by atoms with Crippen LogP contribution in [0.5, 0.6) is 5.75 Å². The second-order valence-electron chi connectivity index (χ2n) is 5.99. The second kappa shape index (κ2) is 5.44. The van der Waals surface area contributed by atoms with E-state index in [1.807, 2.05) is 6.92 Å². The van der Waals surface area contributed by atoms with Crippen molar-refractivity contribution in [2.75, 3.05) is 12.0 Å². The molecule has 8 nitrogen and oxygen atoms in total. The molecule has 2 atom stereocenters. The normalized spacial score (nSPS) is 22.0. The largest absolute Gasteiger partial charge is 0.497 e. The molecule has 0 radical (unpaired) electrons. The van der Waals surface area contributed by atoms with Crippen molar-refractivity contribution in [1.82, 2.24) is 9.78 Å². The minimum Gasteiger partial charge on any atom is -0.497 e. The van der Waals surface area contributed by atoms with Gasteiger partial charge in [0.15, 0.2) is 0 Å². The fourth-order valence-corrected chi connectivity index (χ4v) is 3.24. The number of hydrogen-bond donors (Lipinski definition) is 0. The summed E-state index contributed by atoms with van der Waals surface area (Å²) in [5.74, 6) is -0.870. The molecule has 2 aliphatic rings.